The minimum absolute atomic E-state index is 0.240. The summed E-state index contributed by atoms with van der Waals surface area (Å²) < 4.78 is 44.4. The van der Waals surface area contributed by atoms with Crippen molar-refractivity contribution in [2.24, 2.45) is 0 Å². The Morgan fingerprint density at radius 3 is 2.67 bits per heavy atom. The number of hydrogen-bond acceptors (Lipinski definition) is 4. The van der Waals surface area contributed by atoms with E-state index in [-0.39, 0.29) is 15.3 Å². The molecule has 0 aliphatic carbocycles. The molecule has 10 heteroatoms. The molecule has 0 aromatic carbocycles. The van der Waals surface area contributed by atoms with E-state index >= 15 is 0 Å². The molecule has 0 saturated carbocycles. The summed E-state index contributed by atoms with van der Waals surface area (Å²) in [5.74, 6) is -0.715. The van der Waals surface area contributed by atoms with Crippen molar-refractivity contribution in [1.82, 2.24) is 4.98 Å². The fraction of sp³-hybridized carbons (Fsp3) is 0.250. The van der Waals surface area contributed by atoms with Gasteiger partial charge in [-0.15, -0.1) is 13.2 Å². The van der Waals surface area contributed by atoms with Gasteiger partial charge in [0, 0.05) is 0 Å². The standard InChI is InChI=1S/C8H5BrClF3N2O3/c1-17-7(16)15-3-2-14-6(10)4(9)5(3)18-8(11,12)13/h2H,1H3,(H,15,16). The second kappa shape index (κ2) is 5.61. The second-order valence-electron chi connectivity index (χ2n) is 2.77. The van der Waals surface area contributed by atoms with E-state index in [9.17, 15) is 18.0 Å². The van der Waals surface area contributed by atoms with Crippen molar-refractivity contribution in [1.29, 1.82) is 0 Å². The quantitative estimate of drug-likeness (QED) is 0.829. The maximum absolute atomic E-state index is 12.2. The number of rotatable bonds is 2. The summed E-state index contributed by atoms with van der Waals surface area (Å²) in [5.41, 5.74) is -0.338. The van der Waals surface area contributed by atoms with Crippen molar-refractivity contribution in [3.05, 3.63) is 15.8 Å². The molecule has 1 aromatic rings. The van der Waals surface area contributed by atoms with E-state index in [1.54, 1.807) is 0 Å². The zero-order valence-electron chi connectivity index (χ0n) is 8.64. The Morgan fingerprint density at radius 2 is 2.17 bits per heavy atom. The van der Waals surface area contributed by atoms with Gasteiger partial charge in [-0.25, -0.2) is 9.78 Å². The number of anilines is 1. The van der Waals surface area contributed by atoms with Crippen LogP contribution < -0.4 is 10.1 Å². The van der Waals surface area contributed by atoms with Gasteiger partial charge < -0.3 is 9.47 Å². The third kappa shape index (κ3) is 3.91. The number of pyridine rings is 1. The molecule has 0 fully saturated rings. The van der Waals surface area contributed by atoms with Gasteiger partial charge in [-0.2, -0.15) is 0 Å². The van der Waals surface area contributed by atoms with Crippen molar-refractivity contribution in [3.8, 4) is 5.75 Å². The normalized spacial score (nSPS) is 11.0. The van der Waals surface area contributed by atoms with Gasteiger partial charge >= 0.3 is 12.5 Å². The van der Waals surface area contributed by atoms with E-state index in [1.807, 2.05) is 5.32 Å². The Kier molecular flexibility index (Phi) is 4.63. The highest BCUT2D eigenvalue weighted by Gasteiger charge is 2.34. The summed E-state index contributed by atoms with van der Waals surface area (Å²) in [4.78, 5) is 14.5. The number of aromatic nitrogens is 1. The lowest BCUT2D eigenvalue weighted by atomic mass is 10.4. The van der Waals surface area contributed by atoms with Gasteiger partial charge in [0.2, 0.25) is 0 Å². The molecule has 0 bridgehead atoms. The minimum atomic E-state index is -4.94. The molecule has 0 radical (unpaired) electrons. The van der Waals surface area contributed by atoms with Crippen LogP contribution in [-0.2, 0) is 4.74 Å². The van der Waals surface area contributed by atoms with Crippen LogP contribution in [0.3, 0.4) is 0 Å². The first-order chi connectivity index (χ1) is 8.24. The molecule has 1 rings (SSSR count). The van der Waals surface area contributed by atoms with Gasteiger partial charge in [0.05, 0.1) is 17.8 Å². The summed E-state index contributed by atoms with van der Waals surface area (Å²) in [6.07, 6.45) is -5.01. The van der Waals surface area contributed by atoms with Gasteiger partial charge in [0.25, 0.3) is 0 Å². The van der Waals surface area contributed by atoms with Crippen molar-refractivity contribution < 1.29 is 27.4 Å². The summed E-state index contributed by atoms with van der Waals surface area (Å²) in [6, 6.07) is 0. The molecular weight excluding hydrogens is 344 g/mol. The Morgan fingerprint density at radius 1 is 1.56 bits per heavy atom. The molecule has 5 nitrogen and oxygen atoms in total. The molecule has 1 N–H and O–H groups in total. The van der Waals surface area contributed by atoms with Crippen LogP contribution in [0.5, 0.6) is 5.75 Å². The number of alkyl halides is 3. The highest BCUT2D eigenvalue weighted by molar-refractivity contribution is 9.10. The molecule has 0 saturated heterocycles. The SMILES string of the molecule is COC(=O)Nc1cnc(Cl)c(Br)c1OC(F)(F)F. The van der Waals surface area contributed by atoms with Crippen molar-refractivity contribution in [2.75, 3.05) is 12.4 Å². The number of carbonyl (C=O) groups is 1. The summed E-state index contributed by atoms with van der Waals surface area (Å²) in [7, 11) is 1.05. The topological polar surface area (TPSA) is 60.5 Å². The monoisotopic (exact) mass is 348 g/mol. The molecule has 0 unspecified atom stereocenters. The van der Waals surface area contributed by atoms with Gasteiger partial charge in [-0.1, -0.05) is 11.6 Å². The average molecular weight is 349 g/mol. The van der Waals surface area contributed by atoms with Crippen LogP contribution in [0.4, 0.5) is 23.7 Å². The number of hydrogen-bond donors (Lipinski definition) is 1. The van der Waals surface area contributed by atoms with Gasteiger partial charge in [0.1, 0.15) is 10.8 Å². The largest absolute Gasteiger partial charge is 0.573 e. The maximum atomic E-state index is 12.2. The number of ether oxygens (including phenoxy) is 2. The number of amides is 1. The molecule has 0 aliphatic rings. The number of nitrogens with zero attached hydrogens (tertiary/aromatic N) is 1. The van der Waals surface area contributed by atoms with Crippen molar-refractivity contribution in [2.45, 2.75) is 6.36 Å². The van der Waals surface area contributed by atoms with E-state index in [4.69, 9.17) is 11.6 Å². The van der Waals surface area contributed by atoms with Crippen LogP contribution in [-0.4, -0.2) is 24.5 Å². The molecule has 0 spiro atoms. The first-order valence-corrected chi connectivity index (χ1v) is 5.36. The fourth-order valence-electron chi connectivity index (χ4n) is 0.914. The van der Waals surface area contributed by atoms with Crippen molar-refractivity contribution >= 4 is 39.3 Å². The summed E-state index contributed by atoms with van der Waals surface area (Å²) in [5, 5.41) is 1.77. The number of halogens is 5. The predicted molar refractivity (Wildman–Crippen MR) is 59.7 cm³/mol. The highest BCUT2D eigenvalue weighted by Crippen LogP contribution is 2.40. The average Bonchev–Trinajstić information content (AvgIpc) is 2.27. The third-order valence-electron chi connectivity index (χ3n) is 1.57. The fourth-order valence-corrected chi connectivity index (χ4v) is 1.45. The number of methoxy groups -OCH3 is 1. The van der Waals surface area contributed by atoms with Crippen LogP contribution in [0, 0.1) is 0 Å². The molecule has 1 aromatic heterocycles. The lowest BCUT2D eigenvalue weighted by Crippen LogP contribution is -2.20. The smallest absolute Gasteiger partial charge is 0.453 e. The molecular formula is C8H5BrClF3N2O3. The van der Waals surface area contributed by atoms with Crippen molar-refractivity contribution in [3.63, 3.8) is 0 Å². The van der Waals surface area contributed by atoms with Gasteiger partial charge in [-0.05, 0) is 15.9 Å². The van der Waals surface area contributed by atoms with Crippen LogP contribution in [0.1, 0.15) is 0 Å². The number of carbonyl (C=O) groups excluding carboxylic acids is 1. The number of nitrogens with one attached hydrogen (secondary N) is 1. The predicted octanol–water partition coefficient (Wildman–Crippen LogP) is 3.57. The lowest BCUT2D eigenvalue weighted by molar-refractivity contribution is -0.274. The van der Waals surface area contributed by atoms with E-state index in [2.05, 4.69) is 30.4 Å². The van der Waals surface area contributed by atoms with E-state index in [0.29, 0.717) is 0 Å². The third-order valence-corrected chi connectivity index (χ3v) is 2.82. The molecule has 1 amide bonds. The molecule has 100 valence electrons. The Hall–Kier alpha value is -1.22. The second-order valence-corrected chi connectivity index (χ2v) is 3.92. The lowest BCUT2D eigenvalue weighted by Gasteiger charge is -2.15. The van der Waals surface area contributed by atoms with Crippen LogP contribution >= 0.6 is 27.5 Å². The molecule has 1 heterocycles. The molecule has 0 aliphatic heterocycles. The molecule has 18 heavy (non-hydrogen) atoms. The first-order valence-electron chi connectivity index (χ1n) is 4.19. The summed E-state index contributed by atoms with van der Waals surface area (Å²) in [6.45, 7) is 0. The van der Waals surface area contributed by atoms with Gasteiger partial charge in [0.15, 0.2) is 5.75 Å². The van der Waals surface area contributed by atoms with Gasteiger partial charge in [-0.3, -0.25) is 5.32 Å². The Balaban J connectivity index is 3.17. The Labute approximate surface area is 112 Å². The Bertz CT molecular complexity index is 470. The zero-order valence-corrected chi connectivity index (χ0v) is 11.0. The zero-order chi connectivity index (χ0) is 13.9. The summed E-state index contributed by atoms with van der Waals surface area (Å²) >= 11 is 8.32. The van der Waals surface area contributed by atoms with E-state index in [0.717, 1.165) is 13.3 Å². The van der Waals surface area contributed by atoms with Crippen LogP contribution in [0.25, 0.3) is 0 Å². The van der Waals surface area contributed by atoms with E-state index in [1.165, 1.54) is 0 Å². The molecule has 0 atom stereocenters. The minimum Gasteiger partial charge on any atom is -0.453 e. The first kappa shape index (κ1) is 14.8. The van der Waals surface area contributed by atoms with E-state index < -0.39 is 18.2 Å². The maximum Gasteiger partial charge on any atom is 0.573 e. The van der Waals surface area contributed by atoms with Crippen LogP contribution in [0.2, 0.25) is 5.15 Å². The van der Waals surface area contributed by atoms with Crippen LogP contribution in [0.15, 0.2) is 10.7 Å². The highest BCUT2D eigenvalue weighted by atomic mass is 79.9.